The van der Waals surface area contributed by atoms with Gasteiger partial charge in [0.1, 0.15) is 11.5 Å². The molecule has 0 aliphatic carbocycles. The van der Waals surface area contributed by atoms with E-state index in [1.54, 1.807) is 7.11 Å². The molecule has 0 bridgehead atoms. The number of benzene rings is 2. The number of rotatable bonds is 13. The summed E-state index contributed by atoms with van der Waals surface area (Å²) in [5, 5.41) is 3.21. The first kappa shape index (κ1) is 28.4. The first-order valence-electron chi connectivity index (χ1n) is 12.3. The Kier molecular flexibility index (Phi) is 11.6. The third-order valence-electron chi connectivity index (χ3n) is 6.63. The Morgan fingerprint density at radius 2 is 1.85 bits per heavy atom. The van der Waals surface area contributed by atoms with Crippen LogP contribution < -0.4 is 14.8 Å². The fourth-order valence-corrected chi connectivity index (χ4v) is 5.45. The summed E-state index contributed by atoms with van der Waals surface area (Å²) in [5.41, 5.74) is 4.45. The van der Waals surface area contributed by atoms with E-state index in [2.05, 4.69) is 79.6 Å². The lowest BCUT2D eigenvalue weighted by Gasteiger charge is -2.38. The van der Waals surface area contributed by atoms with Crippen LogP contribution in [-0.4, -0.2) is 47.6 Å². The lowest BCUT2D eigenvalue weighted by molar-refractivity contribution is 0.0913. The van der Waals surface area contributed by atoms with Crippen LogP contribution in [0.25, 0.3) is 0 Å². The Labute approximate surface area is 219 Å². The van der Waals surface area contributed by atoms with Crippen molar-refractivity contribution in [2.75, 3.05) is 24.7 Å². The third kappa shape index (κ3) is 7.35. The van der Waals surface area contributed by atoms with Crippen molar-refractivity contribution in [3.05, 3.63) is 58.7 Å². The van der Waals surface area contributed by atoms with Crippen LogP contribution in [0, 0.1) is 13.8 Å². The molecule has 0 saturated heterocycles. The quantitative estimate of drug-likeness (QED) is 0.217. The lowest BCUT2D eigenvalue weighted by atomic mass is 9.94. The molecule has 3 unspecified atom stereocenters. The first-order valence-corrected chi connectivity index (χ1v) is 13.8. The molecule has 0 saturated carbocycles. The highest BCUT2D eigenvalue weighted by Gasteiger charge is 2.26. The summed E-state index contributed by atoms with van der Waals surface area (Å²) in [6.07, 6.45) is 1.97. The standard InChI is InChI=1S/C28H41IN2O3/c1-8-31(22(6)26-13-14-27(33-7)21(5)20(26)4)24(15-16-29)17-19(3)30-28(32)23-11-10-12-25(18-23)34-9-2/h10-14,18-19,22,24H,8-9,15-17H2,1-7H3,(H,30,32). The predicted molar refractivity (Wildman–Crippen MR) is 150 cm³/mol. The van der Waals surface area contributed by atoms with Crippen LogP contribution in [0.1, 0.15) is 73.6 Å². The van der Waals surface area contributed by atoms with Crippen molar-refractivity contribution in [1.82, 2.24) is 10.2 Å². The molecule has 0 fully saturated rings. The van der Waals surface area contributed by atoms with Crippen LogP contribution in [0.5, 0.6) is 11.5 Å². The molecule has 0 aliphatic rings. The van der Waals surface area contributed by atoms with Gasteiger partial charge in [-0.3, -0.25) is 9.69 Å². The average molecular weight is 581 g/mol. The minimum absolute atomic E-state index is 0.0520. The second-order valence-electron chi connectivity index (χ2n) is 8.82. The molecule has 0 radical (unpaired) electrons. The van der Waals surface area contributed by atoms with Gasteiger partial charge in [0.25, 0.3) is 5.91 Å². The number of carbonyl (C=O) groups excluding carboxylic acids is 1. The number of alkyl halides is 1. The molecule has 0 heterocycles. The summed E-state index contributed by atoms with van der Waals surface area (Å²) < 4.78 is 12.1. The normalized spacial score (nSPS) is 13.9. The molecule has 34 heavy (non-hydrogen) atoms. The van der Waals surface area contributed by atoms with Gasteiger partial charge in [-0.05, 0) is 95.0 Å². The van der Waals surface area contributed by atoms with E-state index in [0.29, 0.717) is 18.2 Å². The van der Waals surface area contributed by atoms with Gasteiger partial charge in [-0.1, -0.05) is 41.6 Å². The summed E-state index contributed by atoms with van der Waals surface area (Å²) in [5.74, 6) is 1.60. The maximum atomic E-state index is 12.9. The zero-order chi connectivity index (χ0) is 25.3. The fourth-order valence-electron chi connectivity index (χ4n) is 4.73. The van der Waals surface area contributed by atoms with E-state index in [9.17, 15) is 4.79 Å². The van der Waals surface area contributed by atoms with Crippen LogP contribution in [-0.2, 0) is 0 Å². The number of halogens is 1. The number of hydrogen-bond donors (Lipinski definition) is 1. The molecule has 2 rings (SSSR count). The van der Waals surface area contributed by atoms with E-state index in [-0.39, 0.29) is 18.0 Å². The van der Waals surface area contributed by atoms with Gasteiger partial charge in [-0.2, -0.15) is 0 Å². The SMILES string of the molecule is CCOc1cccc(C(=O)NC(C)CC(CCI)N(CC)C(C)c2ccc(OC)c(C)c2C)c1. The van der Waals surface area contributed by atoms with Crippen molar-refractivity contribution < 1.29 is 14.3 Å². The highest BCUT2D eigenvalue weighted by atomic mass is 127. The number of carbonyl (C=O) groups is 1. The zero-order valence-electron chi connectivity index (χ0n) is 21.8. The zero-order valence-corrected chi connectivity index (χ0v) is 23.9. The fraction of sp³-hybridized carbons (Fsp3) is 0.536. The summed E-state index contributed by atoms with van der Waals surface area (Å²) in [6.45, 7) is 14.4. The number of nitrogens with one attached hydrogen (secondary N) is 1. The van der Waals surface area contributed by atoms with Gasteiger partial charge in [0.2, 0.25) is 0 Å². The smallest absolute Gasteiger partial charge is 0.251 e. The molecule has 1 N–H and O–H groups in total. The molecular formula is C28H41IN2O3. The van der Waals surface area contributed by atoms with E-state index in [1.807, 2.05) is 31.2 Å². The largest absolute Gasteiger partial charge is 0.496 e. The Morgan fingerprint density at radius 3 is 2.47 bits per heavy atom. The molecule has 0 aromatic heterocycles. The van der Waals surface area contributed by atoms with Gasteiger partial charge in [0.05, 0.1) is 13.7 Å². The molecule has 1 amide bonds. The van der Waals surface area contributed by atoms with E-state index in [1.165, 1.54) is 16.7 Å². The van der Waals surface area contributed by atoms with Crippen LogP contribution >= 0.6 is 22.6 Å². The maximum Gasteiger partial charge on any atom is 0.251 e. The van der Waals surface area contributed by atoms with Crippen LogP contribution in [0.4, 0.5) is 0 Å². The number of methoxy groups -OCH3 is 1. The second kappa shape index (κ2) is 13.9. The second-order valence-corrected chi connectivity index (χ2v) is 9.89. The van der Waals surface area contributed by atoms with Crippen molar-refractivity contribution in [3.8, 4) is 11.5 Å². The Hall–Kier alpha value is -1.80. The maximum absolute atomic E-state index is 12.9. The van der Waals surface area contributed by atoms with Gasteiger partial charge in [0.15, 0.2) is 0 Å². The van der Waals surface area contributed by atoms with Gasteiger partial charge in [-0.25, -0.2) is 0 Å². The summed E-state index contributed by atoms with van der Waals surface area (Å²) in [4.78, 5) is 15.5. The molecule has 188 valence electrons. The van der Waals surface area contributed by atoms with Crippen LogP contribution in [0.3, 0.4) is 0 Å². The summed E-state index contributed by atoms with van der Waals surface area (Å²) in [6, 6.07) is 12.4. The lowest BCUT2D eigenvalue weighted by Crippen LogP contribution is -2.43. The van der Waals surface area contributed by atoms with E-state index in [0.717, 1.165) is 35.3 Å². The van der Waals surface area contributed by atoms with Gasteiger partial charge in [0, 0.05) is 28.1 Å². The van der Waals surface area contributed by atoms with Crippen LogP contribution in [0.15, 0.2) is 36.4 Å². The first-order chi connectivity index (χ1) is 16.3. The number of hydrogen-bond acceptors (Lipinski definition) is 4. The van der Waals surface area contributed by atoms with Crippen molar-refractivity contribution in [2.24, 2.45) is 0 Å². The minimum atomic E-state index is -0.0556. The summed E-state index contributed by atoms with van der Waals surface area (Å²) in [7, 11) is 1.72. The molecule has 2 aromatic carbocycles. The van der Waals surface area contributed by atoms with Crippen molar-refractivity contribution >= 4 is 28.5 Å². The minimum Gasteiger partial charge on any atom is -0.496 e. The van der Waals surface area contributed by atoms with Gasteiger partial charge < -0.3 is 14.8 Å². The topological polar surface area (TPSA) is 50.8 Å². The number of ether oxygens (including phenoxy) is 2. The van der Waals surface area contributed by atoms with Gasteiger partial charge >= 0.3 is 0 Å². The third-order valence-corrected chi connectivity index (χ3v) is 7.26. The van der Waals surface area contributed by atoms with Crippen molar-refractivity contribution in [3.63, 3.8) is 0 Å². The number of nitrogens with zero attached hydrogens (tertiary/aromatic N) is 1. The Morgan fingerprint density at radius 1 is 1.12 bits per heavy atom. The molecule has 0 spiro atoms. The molecule has 6 heteroatoms. The molecular weight excluding hydrogens is 539 g/mol. The highest BCUT2D eigenvalue weighted by Crippen LogP contribution is 2.32. The molecule has 5 nitrogen and oxygen atoms in total. The van der Waals surface area contributed by atoms with Crippen molar-refractivity contribution in [1.29, 1.82) is 0 Å². The van der Waals surface area contributed by atoms with Crippen LogP contribution in [0.2, 0.25) is 0 Å². The molecule has 2 aromatic rings. The molecule has 0 aliphatic heterocycles. The van der Waals surface area contributed by atoms with E-state index < -0.39 is 0 Å². The van der Waals surface area contributed by atoms with Crippen molar-refractivity contribution in [2.45, 2.75) is 72.5 Å². The average Bonchev–Trinajstić information content (AvgIpc) is 2.81. The monoisotopic (exact) mass is 580 g/mol. The number of amides is 1. The predicted octanol–water partition coefficient (Wildman–Crippen LogP) is 6.50. The van der Waals surface area contributed by atoms with E-state index >= 15 is 0 Å². The highest BCUT2D eigenvalue weighted by molar-refractivity contribution is 14.1. The summed E-state index contributed by atoms with van der Waals surface area (Å²) >= 11 is 2.46. The van der Waals surface area contributed by atoms with Gasteiger partial charge in [-0.15, -0.1) is 0 Å². The molecule has 3 atom stereocenters. The Bertz CT molecular complexity index is 934. The van der Waals surface area contributed by atoms with E-state index in [4.69, 9.17) is 9.47 Å². The Balaban J connectivity index is 2.16.